The number of ether oxygens (including phenoxy) is 1. The average molecular weight is 308 g/mol. The molecule has 21 heavy (non-hydrogen) atoms. The van der Waals surface area contributed by atoms with Crippen LogP contribution in [0.3, 0.4) is 0 Å². The molecule has 2 rings (SSSR count). The second-order valence-corrected chi connectivity index (χ2v) is 6.25. The van der Waals surface area contributed by atoms with Gasteiger partial charge in [-0.15, -0.1) is 0 Å². The van der Waals surface area contributed by atoms with Crippen LogP contribution >= 0.6 is 11.8 Å². The molecule has 0 saturated carbocycles. The Balaban J connectivity index is 1.91. The number of piperazine rings is 1. The van der Waals surface area contributed by atoms with E-state index >= 15 is 0 Å². The minimum Gasteiger partial charge on any atom is -0.380 e. The molecule has 0 unspecified atom stereocenters. The molecule has 1 saturated heterocycles. The number of carbonyl (C=O) groups excluding carboxylic acids is 1. The smallest absolute Gasteiger partial charge is 0.253 e. The van der Waals surface area contributed by atoms with E-state index in [4.69, 9.17) is 4.74 Å². The zero-order valence-corrected chi connectivity index (χ0v) is 13.7. The summed E-state index contributed by atoms with van der Waals surface area (Å²) in [4.78, 5) is 16.9. The van der Waals surface area contributed by atoms with Gasteiger partial charge in [-0.1, -0.05) is 12.1 Å². The van der Waals surface area contributed by atoms with Crippen molar-refractivity contribution >= 4 is 17.7 Å². The molecule has 1 heterocycles. The number of carbonyl (C=O) groups is 1. The maximum Gasteiger partial charge on any atom is 0.253 e. The number of benzene rings is 1. The first-order valence-corrected chi connectivity index (χ1v) is 8.72. The summed E-state index contributed by atoms with van der Waals surface area (Å²) < 4.78 is 5.13. The lowest BCUT2D eigenvalue weighted by atomic mass is 10.1. The highest BCUT2D eigenvalue weighted by atomic mass is 32.2. The van der Waals surface area contributed by atoms with Gasteiger partial charge < -0.3 is 9.64 Å². The van der Waals surface area contributed by atoms with Gasteiger partial charge in [0.15, 0.2) is 0 Å². The van der Waals surface area contributed by atoms with Crippen LogP contribution in [-0.2, 0) is 11.3 Å². The molecule has 1 aromatic carbocycles. The molecule has 4 nitrogen and oxygen atoms in total. The molecular weight excluding hydrogens is 284 g/mol. The molecule has 1 aromatic rings. The normalized spacial score (nSPS) is 16.2. The summed E-state index contributed by atoms with van der Waals surface area (Å²) in [6, 6.07) is 7.74. The Hall–Kier alpha value is -1.04. The lowest BCUT2D eigenvalue weighted by molar-refractivity contribution is 0.0644. The first-order chi connectivity index (χ1) is 10.2. The molecule has 0 aliphatic carbocycles. The maximum atomic E-state index is 12.5. The maximum absolute atomic E-state index is 12.5. The number of hydrogen-bond donors (Lipinski definition) is 0. The Labute approximate surface area is 131 Å². The highest BCUT2D eigenvalue weighted by molar-refractivity contribution is 7.98. The third kappa shape index (κ3) is 4.73. The van der Waals surface area contributed by atoms with Gasteiger partial charge in [-0.2, -0.15) is 11.8 Å². The summed E-state index contributed by atoms with van der Waals surface area (Å²) in [5, 5.41) is 0. The van der Waals surface area contributed by atoms with E-state index in [1.807, 2.05) is 40.9 Å². The number of rotatable bonds is 6. The summed E-state index contributed by atoms with van der Waals surface area (Å²) in [6.07, 6.45) is 2.13. The topological polar surface area (TPSA) is 32.8 Å². The van der Waals surface area contributed by atoms with E-state index < -0.39 is 0 Å². The number of amides is 1. The lowest BCUT2D eigenvalue weighted by Gasteiger charge is -2.34. The van der Waals surface area contributed by atoms with Gasteiger partial charge in [0, 0.05) is 51.1 Å². The van der Waals surface area contributed by atoms with Gasteiger partial charge in [0.05, 0.1) is 6.61 Å². The van der Waals surface area contributed by atoms with Crippen LogP contribution in [0.5, 0.6) is 0 Å². The van der Waals surface area contributed by atoms with Crippen LogP contribution in [0.1, 0.15) is 15.9 Å². The van der Waals surface area contributed by atoms with Crippen molar-refractivity contribution in [1.82, 2.24) is 9.80 Å². The van der Waals surface area contributed by atoms with Crippen LogP contribution < -0.4 is 0 Å². The highest BCUT2D eigenvalue weighted by Crippen LogP contribution is 2.12. The fourth-order valence-corrected chi connectivity index (χ4v) is 2.98. The third-order valence-corrected chi connectivity index (χ3v) is 4.35. The molecule has 1 aliphatic heterocycles. The molecule has 116 valence electrons. The minimum atomic E-state index is 0.137. The van der Waals surface area contributed by atoms with Crippen LogP contribution in [0.4, 0.5) is 0 Å². The number of methoxy groups -OCH3 is 1. The molecule has 0 radical (unpaired) electrons. The van der Waals surface area contributed by atoms with E-state index in [1.165, 1.54) is 0 Å². The Bertz CT molecular complexity index is 459. The van der Waals surface area contributed by atoms with E-state index in [-0.39, 0.29) is 5.91 Å². The van der Waals surface area contributed by atoms with E-state index in [0.717, 1.165) is 49.6 Å². The van der Waals surface area contributed by atoms with E-state index in [0.29, 0.717) is 6.61 Å². The van der Waals surface area contributed by atoms with E-state index in [9.17, 15) is 4.79 Å². The monoisotopic (exact) mass is 308 g/mol. The van der Waals surface area contributed by atoms with Gasteiger partial charge in [-0.05, 0) is 24.0 Å². The van der Waals surface area contributed by atoms with Gasteiger partial charge in [0.2, 0.25) is 0 Å². The predicted octanol–water partition coefficient (Wildman–Crippen LogP) is 1.95. The minimum absolute atomic E-state index is 0.137. The summed E-state index contributed by atoms with van der Waals surface area (Å²) in [5.74, 6) is 1.30. The first-order valence-electron chi connectivity index (χ1n) is 7.33. The molecule has 0 aromatic heterocycles. The first kappa shape index (κ1) is 16.3. The van der Waals surface area contributed by atoms with Crippen molar-refractivity contribution in [2.75, 3.05) is 51.8 Å². The van der Waals surface area contributed by atoms with Crippen molar-refractivity contribution in [2.24, 2.45) is 0 Å². The molecular formula is C16H24N2O2S. The van der Waals surface area contributed by atoms with Crippen LogP contribution in [0.2, 0.25) is 0 Å². The van der Waals surface area contributed by atoms with E-state index in [1.54, 1.807) is 7.11 Å². The molecule has 1 fully saturated rings. The van der Waals surface area contributed by atoms with Crippen molar-refractivity contribution in [3.63, 3.8) is 0 Å². The summed E-state index contributed by atoms with van der Waals surface area (Å²) in [7, 11) is 1.67. The summed E-state index contributed by atoms with van der Waals surface area (Å²) in [6.45, 7) is 5.26. The molecule has 5 heteroatoms. The number of hydrogen-bond acceptors (Lipinski definition) is 4. The van der Waals surface area contributed by atoms with Crippen molar-refractivity contribution < 1.29 is 9.53 Å². The largest absolute Gasteiger partial charge is 0.380 e. The van der Waals surface area contributed by atoms with Gasteiger partial charge in [0.25, 0.3) is 5.91 Å². The van der Waals surface area contributed by atoms with Crippen LogP contribution in [0.15, 0.2) is 24.3 Å². The zero-order valence-electron chi connectivity index (χ0n) is 12.9. The van der Waals surface area contributed by atoms with Crippen molar-refractivity contribution in [3.8, 4) is 0 Å². The average Bonchev–Trinajstić information content (AvgIpc) is 2.53. The fourth-order valence-electron chi connectivity index (χ4n) is 2.54. The van der Waals surface area contributed by atoms with Crippen molar-refractivity contribution in [1.29, 1.82) is 0 Å². The lowest BCUT2D eigenvalue weighted by Crippen LogP contribution is -2.49. The van der Waals surface area contributed by atoms with Gasteiger partial charge in [-0.25, -0.2) is 0 Å². The Kier molecular flexibility index (Phi) is 6.54. The Morgan fingerprint density at radius 2 is 2.05 bits per heavy atom. The Morgan fingerprint density at radius 1 is 1.29 bits per heavy atom. The molecule has 0 N–H and O–H groups in total. The number of thioether (sulfide) groups is 1. The van der Waals surface area contributed by atoms with Gasteiger partial charge in [-0.3, -0.25) is 9.69 Å². The van der Waals surface area contributed by atoms with Crippen LogP contribution in [0.25, 0.3) is 0 Å². The second-order valence-electron chi connectivity index (χ2n) is 5.26. The molecule has 0 spiro atoms. The standard InChI is InChI=1S/C16H24N2O2S/c1-20-13-14-4-3-5-15(12-14)16(19)18-8-6-17(7-9-18)10-11-21-2/h3-5,12H,6-11,13H2,1-2H3. The van der Waals surface area contributed by atoms with Crippen LogP contribution in [-0.4, -0.2) is 67.5 Å². The van der Waals surface area contributed by atoms with Crippen molar-refractivity contribution in [2.45, 2.75) is 6.61 Å². The SMILES string of the molecule is COCc1cccc(C(=O)N2CCN(CCSC)CC2)c1. The molecule has 0 atom stereocenters. The highest BCUT2D eigenvalue weighted by Gasteiger charge is 2.21. The quantitative estimate of drug-likeness (QED) is 0.804. The predicted molar refractivity (Wildman–Crippen MR) is 87.9 cm³/mol. The van der Waals surface area contributed by atoms with Gasteiger partial charge >= 0.3 is 0 Å². The molecule has 1 aliphatic rings. The second kappa shape index (κ2) is 8.41. The zero-order chi connectivity index (χ0) is 15.1. The van der Waals surface area contributed by atoms with Crippen molar-refractivity contribution in [3.05, 3.63) is 35.4 Å². The Morgan fingerprint density at radius 3 is 2.71 bits per heavy atom. The molecule has 1 amide bonds. The van der Waals surface area contributed by atoms with E-state index in [2.05, 4.69) is 11.2 Å². The summed E-state index contributed by atoms with van der Waals surface area (Å²) in [5.41, 5.74) is 1.81. The third-order valence-electron chi connectivity index (χ3n) is 3.76. The fraction of sp³-hybridized carbons (Fsp3) is 0.562. The van der Waals surface area contributed by atoms with Gasteiger partial charge in [0.1, 0.15) is 0 Å². The van der Waals surface area contributed by atoms with Crippen LogP contribution in [0, 0.1) is 0 Å². The summed E-state index contributed by atoms with van der Waals surface area (Å²) >= 11 is 1.87. The number of nitrogens with zero attached hydrogens (tertiary/aromatic N) is 2. The molecule has 0 bridgehead atoms.